The van der Waals surface area contributed by atoms with Gasteiger partial charge in [0.1, 0.15) is 12.4 Å². The minimum Gasteiger partial charge on any atom is -0.492 e. The van der Waals surface area contributed by atoms with E-state index in [0.29, 0.717) is 6.61 Å². The van der Waals surface area contributed by atoms with E-state index in [0.717, 1.165) is 25.4 Å². The van der Waals surface area contributed by atoms with Crippen molar-refractivity contribution in [3.8, 4) is 5.75 Å². The summed E-state index contributed by atoms with van der Waals surface area (Å²) in [6.07, 6.45) is -0.124. The Morgan fingerprint density at radius 1 is 1.38 bits per heavy atom. The van der Waals surface area contributed by atoms with Crippen molar-refractivity contribution in [3.05, 3.63) is 29.3 Å². The molecular weight excluding hydrogens is 202 g/mol. The van der Waals surface area contributed by atoms with Gasteiger partial charge in [0.15, 0.2) is 0 Å². The quantitative estimate of drug-likeness (QED) is 0.833. The van der Waals surface area contributed by atoms with Crippen LogP contribution in [0.4, 0.5) is 0 Å². The average Bonchev–Trinajstić information content (AvgIpc) is 2.20. The topological polar surface area (TPSA) is 32.7 Å². The molecule has 88 valence electrons. The van der Waals surface area contributed by atoms with Gasteiger partial charge in [0, 0.05) is 19.6 Å². The van der Waals surface area contributed by atoms with Crippen LogP contribution in [-0.4, -0.2) is 42.4 Å². The van der Waals surface area contributed by atoms with Gasteiger partial charge in [0.2, 0.25) is 0 Å². The van der Waals surface area contributed by atoms with Crippen molar-refractivity contribution >= 4 is 0 Å². The number of aliphatic hydroxyl groups is 1. The van der Waals surface area contributed by atoms with Crippen LogP contribution >= 0.6 is 0 Å². The third-order valence-electron chi connectivity index (χ3n) is 2.95. The van der Waals surface area contributed by atoms with Crippen LogP contribution in [0.1, 0.15) is 11.1 Å². The Balaban J connectivity index is 1.78. The number of rotatable bonds is 4. The molecule has 0 unspecified atom stereocenters. The number of aryl methyl sites for hydroxylation is 2. The second-order valence-electron chi connectivity index (χ2n) is 4.53. The Bertz CT molecular complexity index is 359. The Morgan fingerprint density at radius 2 is 2.12 bits per heavy atom. The zero-order valence-electron chi connectivity index (χ0n) is 9.94. The maximum absolute atomic E-state index is 9.13. The molecule has 3 nitrogen and oxygen atoms in total. The number of aliphatic hydroxyl groups excluding tert-OH is 1. The van der Waals surface area contributed by atoms with Crippen LogP contribution in [-0.2, 0) is 0 Å². The maximum Gasteiger partial charge on any atom is 0.122 e. The molecule has 16 heavy (non-hydrogen) atoms. The second-order valence-corrected chi connectivity index (χ2v) is 4.53. The zero-order chi connectivity index (χ0) is 11.5. The molecule has 0 saturated carbocycles. The molecule has 1 aliphatic heterocycles. The maximum atomic E-state index is 9.13. The monoisotopic (exact) mass is 221 g/mol. The molecule has 2 rings (SSSR count). The van der Waals surface area contributed by atoms with E-state index in [1.54, 1.807) is 0 Å². The van der Waals surface area contributed by atoms with Gasteiger partial charge < -0.3 is 9.84 Å². The van der Waals surface area contributed by atoms with Crippen LogP contribution in [0.5, 0.6) is 5.75 Å². The van der Waals surface area contributed by atoms with Crippen molar-refractivity contribution in [2.24, 2.45) is 0 Å². The van der Waals surface area contributed by atoms with E-state index >= 15 is 0 Å². The highest BCUT2D eigenvalue weighted by atomic mass is 16.5. The van der Waals surface area contributed by atoms with Crippen LogP contribution in [0.3, 0.4) is 0 Å². The van der Waals surface area contributed by atoms with Crippen LogP contribution < -0.4 is 4.74 Å². The average molecular weight is 221 g/mol. The molecule has 3 heteroatoms. The first-order chi connectivity index (χ1) is 7.65. The SMILES string of the molecule is Cc1ccc(C)c(OCCN2CC(O)C2)c1. The fourth-order valence-corrected chi connectivity index (χ4v) is 1.87. The number of nitrogens with zero attached hydrogens (tertiary/aromatic N) is 1. The van der Waals surface area contributed by atoms with Gasteiger partial charge >= 0.3 is 0 Å². The number of benzene rings is 1. The molecule has 0 radical (unpaired) electrons. The third kappa shape index (κ3) is 2.74. The molecule has 0 bridgehead atoms. The summed E-state index contributed by atoms with van der Waals surface area (Å²) in [7, 11) is 0. The van der Waals surface area contributed by atoms with Gasteiger partial charge in [0.05, 0.1) is 6.10 Å². The van der Waals surface area contributed by atoms with Crippen molar-refractivity contribution in [1.29, 1.82) is 0 Å². The minimum absolute atomic E-state index is 0.124. The lowest BCUT2D eigenvalue weighted by Crippen LogP contribution is -2.51. The van der Waals surface area contributed by atoms with Crippen LogP contribution in [0.25, 0.3) is 0 Å². The molecule has 1 aromatic carbocycles. The van der Waals surface area contributed by atoms with Gasteiger partial charge in [-0.1, -0.05) is 12.1 Å². The second kappa shape index (κ2) is 4.85. The fraction of sp³-hybridized carbons (Fsp3) is 0.538. The summed E-state index contributed by atoms with van der Waals surface area (Å²) in [6.45, 7) is 7.29. The van der Waals surface area contributed by atoms with Crippen molar-refractivity contribution in [3.63, 3.8) is 0 Å². The summed E-state index contributed by atoms with van der Waals surface area (Å²) in [4.78, 5) is 2.19. The first-order valence-electron chi connectivity index (χ1n) is 5.75. The third-order valence-corrected chi connectivity index (χ3v) is 2.95. The Hall–Kier alpha value is -1.06. The molecule has 1 N–H and O–H groups in total. The van der Waals surface area contributed by atoms with E-state index in [2.05, 4.69) is 36.9 Å². The first-order valence-corrected chi connectivity index (χ1v) is 5.75. The van der Waals surface area contributed by atoms with Gasteiger partial charge in [0.25, 0.3) is 0 Å². The van der Waals surface area contributed by atoms with Gasteiger partial charge in [-0.05, 0) is 31.0 Å². The lowest BCUT2D eigenvalue weighted by Gasteiger charge is -2.35. The molecule has 1 fully saturated rings. The molecule has 0 spiro atoms. The highest BCUT2D eigenvalue weighted by Crippen LogP contribution is 2.19. The highest BCUT2D eigenvalue weighted by molar-refractivity contribution is 5.35. The van der Waals surface area contributed by atoms with Gasteiger partial charge in [-0.2, -0.15) is 0 Å². The van der Waals surface area contributed by atoms with E-state index < -0.39 is 0 Å². The summed E-state index contributed by atoms with van der Waals surface area (Å²) in [5.41, 5.74) is 2.40. The minimum atomic E-state index is -0.124. The molecule has 0 aromatic heterocycles. The van der Waals surface area contributed by atoms with Crippen molar-refractivity contribution in [2.45, 2.75) is 20.0 Å². The van der Waals surface area contributed by atoms with E-state index in [4.69, 9.17) is 9.84 Å². The smallest absolute Gasteiger partial charge is 0.122 e. The Labute approximate surface area is 96.6 Å². The van der Waals surface area contributed by atoms with Crippen molar-refractivity contribution < 1.29 is 9.84 Å². The first kappa shape index (κ1) is 11.4. The van der Waals surface area contributed by atoms with E-state index in [-0.39, 0.29) is 6.10 Å². The highest BCUT2D eigenvalue weighted by Gasteiger charge is 2.23. The Morgan fingerprint density at radius 3 is 2.81 bits per heavy atom. The predicted octanol–water partition coefficient (Wildman–Crippen LogP) is 1.36. The van der Waals surface area contributed by atoms with Gasteiger partial charge in [-0.15, -0.1) is 0 Å². The standard InChI is InChI=1S/C13H19NO2/c1-10-3-4-11(2)13(7-10)16-6-5-14-8-12(15)9-14/h3-4,7,12,15H,5-6,8-9H2,1-2H3. The van der Waals surface area contributed by atoms with E-state index in [1.165, 1.54) is 11.1 Å². The van der Waals surface area contributed by atoms with E-state index in [9.17, 15) is 0 Å². The number of hydrogen-bond donors (Lipinski definition) is 1. The molecule has 0 amide bonds. The lowest BCUT2D eigenvalue weighted by molar-refractivity contribution is -0.00391. The zero-order valence-corrected chi connectivity index (χ0v) is 9.94. The molecule has 1 aliphatic rings. The fourth-order valence-electron chi connectivity index (χ4n) is 1.87. The number of β-amino-alcohol motifs (C(OH)–C–C–N with tert-alkyl or cyclic N) is 1. The molecular formula is C13H19NO2. The largest absolute Gasteiger partial charge is 0.492 e. The summed E-state index contributed by atoms with van der Waals surface area (Å²) in [5.74, 6) is 0.973. The molecule has 1 heterocycles. The lowest BCUT2D eigenvalue weighted by atomic mass is 10.1. The Kier molecular flexibility index (Phi) is 3.46. The molecule has 0 aliphatic carbocycles. The molecule has 1 saturated heterocycles. The predicted molar refractivity (Wildman–Crippen MR) is 63.9 cm³/mol. The summed E-state index contributed by atoms with van der Waals surface area (Å²) in [6, 6.07) is 6.24. The summed E-state index contributed by atoms with van der Waals surface area (Å²) < 4.78 is 5.74. The molecule has 0 atom stereocenters. The van der Waals surface area contributed by atoms with Gasteiger partial charge in [-0.3, -0.25) is 4.90 Å². The normalized spacial score (nSPS) is 17.2. The number of likely N-dealkylation sites (tertiary alicyclic amines) is 1. The van der Waals surface area contributed by atoms with Crippen molar-refractivity contribution in [2.75, 3.05) is 26.2 Å². The van der Waals surface area contributed by atoms with Gasteiger partial charge in [-0.25, -0.2) is 0 Å². The van der Waals surface area contributed by atoms with Crippen LogP contribution in [0.15, 0.2) is 18.2 Å². The summed E-state index contributed by atoms with van der Waals surface area (Å²) >= 11 is 0. The van der Waals surface area contributed by atoms with Crippen LogP contribution in [0.2, 0.25) is 0 Å². The number of hydrogen-bond acceptors (Lipinski definition) is 3. The number of ether oxygens (including phenoxy) is 1. The molecule has 1 aromatic rings. The summed E-state index contributed by atoms with van der Waals surface area (Å²) in [5, 5.41) is 9.13. The van der Waals surface area contributed by atoms with Crippen LogP contribution in [0, 0.1) is 13.8 Å². The van der Waals surface area contributed by atoms with Crippen molar-refractivity contribution in [1.82, 2.24) is 4.90 Å². The van der Waals surface area contributed by atoms with E-state index in [1.807, 2.05) is 0 Å².